The lowest BCUT2D eigenvalue weighted by Crippen LogP contribution is -2.27. The van der Waals surface area contributed by atoms with E-state index < -0.39 is 17.5 Å². The maximum atomic E-state index is 14.7. The monoisotopic (exact) mass is 424 g/mol. The number of nitrogens with one attached hydrogen (secondary N) is 1. The molecule has 0 aliphatic heterocycles. The van der Waals surface area contributed by atoms with Gasteiger partial charge < -0.3 is 16.2 Å². The molecule has 0 saturated heterocycles. The van der Waals surface area contributed by atoms with Crippen molar-refractivity contribution in [2.75, 3.05) is 18.9 Å². The predicted molar refractivity (Wildman–Crippen MR) is 110 cm³/mol. The number of hydrogen-bond donors (Lipinski definition) is 3. The highest BCUT2D eigenvalue weighted by Crippen LogP contribution is 2.29. The van der Waals surface area contributed by atoms with Crippen molar-refractivity contribution in [3.8, 4) is 11.5 Å². The minimum Gasteiger partial charge on any atom is -0.395 e. The molecule has 1 amide bonds. The minimum atomic E-state index is -0.529. The van der Waals surface area contributed by atoms with Crippen LogP contribution in [0.1, 0.15) is 15.9 Å². The Morgan fingerprint density at radius 2 is 1.90 bits per heavy atom. The van der Waals surface area contributed by atoms with Gasteiger partial charge in [0.15, 0.2) is 5.82 Å². The van der Waals surface area contributed by atoms with Gasteiger partial charge in [0.2, 0.25) is 0 Å². The van der Waals surface area contributed by atoms with Gasteiger partial charge in [0, 0.05) is 23.7 Å². The third-order valence-electron chi connectivity index (χ3n) is 4.67. The largest absolute Gasteiger partial charge is 0.395 e. The molecule has 0 fully saturated rings. The van der Waals surface area contributed by atoms with E-state index >= 15 is 0 Å². The van der Waals surface area contributed by atoms with Crippen LogP contribution in [0.4, 0.5) is 14.6 Å². The number of nitrogens with two attached hydrogens (primary N) is 1. The van der Waals surface area contributed by atoms with E-state index in [4.69, 9.17) is 10.8 Å². The second-order valence-electron chi connectivity index (χ2n) is 6.71. The summed E-state index contributed by atoms with van der Waals surface area (Å²) in [6.45, 7) is -0.160. The number of para-hydroxylation sites is 1. The Balaban J connectivity index is 1.78. The summed E-state index contributed by atoms with van der Waals surface area (Å²) in [5, 5.41) is 16.1. The Morgan fingerprint density at radius 1 is 1.13 bits per heavy atom. The zero-order chi connectivity index (χ0) is 22.0. The summed E-state index contributed by atoms with van der Waals surface area (Å²) >= 11 is 0. The van der Waals surface area contributed by atoms with E-state index in [9.17, 15) is 13.6 Å². The second kappa shape index (κ2) is 8.44. The van der Waals surface area contributed by atoms with Gasteiger partial charge in [-0.1, -0.05) is 30.3 Å². The molecule has 0 atom stereocenters. The lowest BCUT2D eigenvalue weighted by atomic mass is 10.1. The van der Waals surface area contributed by atoms with Gasteiger partial charge in [0.25, 0.3) is 5.91 Å². The van der Waals surface area contributed by atoms with Crippen LogP contribution < -0.4 is 11.1 Å². The third-order valence-corrected chi connectivity index (χ3v) is 4.67. The predicted octanol–water partition coefficient (Wildman–Crippen LogP) is 2.12. The third kappa shape index (κ3) is 3.92. The van der Waals surface area contributed by atoms with Gasteiger partial charge in [0.05, 0.1) is 18.7 Å². The highest BCUT2D eigenvalue weighted by molar-refractivity contribution is 5.98. The molecular formula is C21H18F2N6O2. The van der Waals surface area contributed by atoms with Gasteiger partial charge in [-0.15, -0.1) is 0 Å². The van der Waals surface area contributed by atoms with Gasteiger partial charge in [-0.25, -0.2) is 18.7 Å². The molecule has 0 bridgehead atoms. The number of aromatic nitrogens is 4. The summed E-state index contributed by atoms with van der Waals surface area (Å²) in [5.74, 6) is -1.48. The molecule has 2 heterocycles. The summed E-state index contributed by atoms with van der Waals surface area (Å²) in [6.07, 6.45) is 1.24. The fourth-order valence-electron chi connectivity index (χ4n) is 3.21. The van der Waals surface area contributed by atoms with Crippen molar-refractivity contribution in [1.82, 2.24) is 25.1 Å². The van der Waals surface area contributed by atoms with E-state index in [2.05, 4.69) is 20.4 Å². The Morgan fingerprint density at radius 3 is 2.65 bits per heavy atom. The number of hydrogen-bond acceptors (Lipinski definition) is 6. The van der Waals surface area contributed by atoms with Crippen LogP contribution in [0.15, 0.2) is 48.7 Å². The lowest BCUT2D eigenvalue weighted by Gasteiger charge is -2.06. The highest BCUT2D eigenvalue weighted by Gasteiger charge is 2.20. The molecule has 158 valence electrons. The number of amides is 1. The normalized spacial score (nSPS) is 11.1. The average molecular weight is 424 g/mol. The molecule has 0 aliphatic rings. The molecule has 0 unspecified atom stereocenters. The zero-order valence-electron chi connectivity index (χ0n) is 16.2. The van der Waals surface area contributed by atoms with Gasteiger partial charge in [0.1, 0.15) is 28.7 Å². The molecule has 8 nitrogen and oxygen atoms in total. The maximum Gasteiger partial charge on any atom is 0.256 e. The van der Waals surface area contributed by atoms with Crippen molar-refractivity contribution < 1.29 is 18.7 Å². The molecule has 10 heteroatoms. The minimum absolute atomic E-state index is 0.00123. The molecule has 0 spiro atoms. The molecule has 2 aromatic heterocycles. The van der Waals surface area contributed by atoms with Crippen molar-refractivity contribution in [3.05, 3.63) is 71.4 Å². The summed E-state index contributed by atoms with van der Waals surface area (Å²) < 4.78 is 30.1. The van der Waals surface area contributed by atoms with E-state index in [1.165, 1.54) is 29.1 Å². The smallest absolute Gasteiger partial charge is 0.256 e. The molecular weight excluding hydrogens is 406 g/mol. The lowest BCUT2D eigenvalue weighted by molar-refractivity contribution is 0.0945. The standard InChI is InChI=1S/C21H18F2N6O2/c22-15-6-2-1-4-12(15)11-29-18-13(5-3-7-16(18)23)17(28-29)20-26-10-14(19(24)27-20)21(31)25-8-9-30/h1-7,10,30H,8-9,11H2,(H,25,31)(H2,24,26,27). The van der Waals surface area contributed by atoms with E-state index in [1.807, 2.05) is 0 Å². The van der Waals surface area contributed by atoms with Gasteiger partial charge in [-0.2, -0.15) is 5.10 Å². The number of nitrogen functional groups attached to an aromatic ring is 1. The summed E-state index contributed by atoms with van der Waals surface area (Å²) in [5.41, 5.74) is 6.73. The molecule has 4 aromatic rings. The Hall–Kier alpha value is -3.92. The number of halogens is 2. The quantitative estimate of drug-likeness (QED) is 0.436. The molecule has 2 aromatic carbocycles. The molecule has 31 heavy (non-hydrogen) atoms. The number of nitrogens with zero attached hydrogens (tertiary/aromatic N) is 4. The van der Waals surface area contributed by atoms with E-state index in [0.717, 1.165) is 0 Å². The zero-order valence-corrected chi connectivity index (χ0v) is 16.2. The molecule has 0 aliphatic carbocycles. The fourth-order valence-corrected chi connectivity index (χ4v) is 3.21. The van der Waals surface area contributed by atoms with E-state index in [-0.39, 0.29) is 48.1 Å². The Kier molecular flexibility index (Phi) is 5.54. The molecule has 4 N–H and O–H groups in total. The topological polar surface area (TPSA) is 119 Å². The van der Waals surface area contributed by atoms with Gasteiger partial charge in [-0.05, 0) is 12.1 Å². The SMILES string of the molecule is Nc1nc(-c2nn(Cc3ccccc3F)c3c(F)cccc23)ncc1C(=O)NCCO. The van der Waals surface area contributed by atoms with Gasteiger partial charge in [-0.3, -0.25) is 9.48 Å². The Bertz CT molecular complexity index is 1270. The number of carbonyl (C=O) groups is 1. The van der Waals surface area contributed by atoms with E-state index in [1.54, 1.807) is 24.3 Å². The first-order valence-electron chi connectivity index (χ1n) is 9.40. The average Bonchev–Trinajstić information content (AvgIpc) is 3.13. The van der Waals surface area contributed by atoms with Crippen LogP contribution in [0, 0.1) is 11.6 Å². The highest BCUT2D eigenvalue weighted by atomic mass is 19.1. The van der Waals surface area contributed by atoms with Crippen LogP contribution >= 0.6 is 0 Å². The summed E-state index contributed by atoms with van der Waals surface area (Å²) in [4.78, 5) is 20.4. The van der Waals surface area contributed by atoms with E-state index in [0.29, 0.717) is 10.9 Å². The van der Waals surface area contributed by atoms with Crippen LogP contribution in [0.3, 0.4) is 0 Å². The number of rotatable bonds is 6. The van der Waals surface area contributed by atoms with Crippen LogP contribution in [0.25, 0.3) is 22.4 Å². The van der Waals surface area contributed by atoms with Crippen molar-refractivity contribution in [2.24, 2.45) is 0 Å². The number of anilines is 1. The summed E-state index contributed by atoms with van der Waals surface area (Å²) in [6, 6.07) is 10.6. The first-order chi connectivity index (χ1) is 15.0. The first-order valence-corrected chi connectivity index (χ1v) is 9.40. The Labute approximate surface area is 175 Å². The maximum absolute atomic E-state index is 14.7. The van der Waals surface area contributed by atoms with Crippen LogP contribution in [0.5, 0.6) is 0 Å². The van der Waals surface area contributed by atoms with Crippen molar-refractivity contribution in [3.63, 3.8) is 0 Å². The van der Waals surface area contributed by atoms with Gasteiger partial charge >= 0.3 is 0 Å². The van der Waals surface area contributed by atoms with Crippen LogP contribution in [-0.4, -0.2) is 43.9 Å². The second-order valence-corrected chi connectivity index (χ2v) is 6.71. The van der Waals surface area contributed by atoms with Crippen LogP contribution in [-0.2, 0) is 6.54 Å². The number of fused-ring (bicyclic) bond motifs is 1. The van der Waals surface area contributed by atoms with Crippen molar-refractivity contribution >= 4 is 22.6 Å². The number of carbonyl (C=O) groups excluding carboxylic acids is 1. The first kappa shape index (κ1) is 20.4. The molecule has 4 rings (SSSR count). The molecule has 0 radical (unpaired) electrons. The van der Waals surface area contributed by atoms with Crippen molar-refractivity contribution in [1.29, 1.82) is 0 Å². The van der Waals surface area contributed by atoms with Crippen molar-refractivity contribution in [2.45, 2.75) is 6.54 Å². The number of aliphatic hydroxyl groups is 1. The number of benzene rings is 2. The molecule has 0 saturated carbocycles. The summed E-state index contributed by atoms with van der Waals surface area (Å²) in [7, 11) is 0. The van der Waals surface area contributed by atoms with Crippen LogP contribution in [0.2, 0.25) is 0 Å². The fraction of sp³-hybridized carbons (Fsp3) is 0.143. The number of aliphatic hydroxyl groups excluding tert-OH is 1.